The van der Waals surface area contributed by atoms with Crippen molar-refractivity contribution >= 4 is 17.8 Å². The zero-order valence-electron chi connectivity index (χ0n) is 18.2. The molecule has 1 N–H and O–H groups in total. The van der Waals surface area contributed by atoms with E-state index in [1.165, 1.54) is 12.3 Å². The first-order chi connectivity index (χ1) is 15.3. The number of nitro benzene ring substituents is 1. The first-order valence-corrected chi connectivity index (χ1v) is 10.2. The number of benzene rings is 3. The molecule has 1 amide bonds. The van der Waals surface area contributed by atoms with E-state index in [1.807, 2.05) is 25.1 Å². The molecular weight excluding hydrogens is 406 g/mol. The van der Waals surface area contributed by atoms with E-state index in [-0.39, 0.29) is 5.69 Å². The van der Waals surface area contributed by atoms with E-state index in [4.69, 9.17) is 4.74 Å². The van der Waals surface area contributed by atoms with Gasteiger partial charge in [0.15, 0.2) is 0 Å². The minimum Gasteiger partial charge on any atom is -0.489 e. The van der Waals surface area contributed by atoms with Crippen LogP contribution in [-0.4, -0.2) is 17.0 Å². The third kappa shape index (κ3) is 5.78. The lowest BCUT2D eigenvalue weighted by Crippen LogP contribution is -2.17. The number of carbonyl (C=O) groups excluding carboxylic acids is 1. The predicted octanol–water partition coefficient (Wildman–Crippen LogP) is 5.37. The summed E-state index contributed by atoms with van der Waals surface area (Å²) in [5.41, 5.74) is 6.27. The SMILES string of the molecule is Cc1ccc(C(C)C)c(OCc2ccc(C(=O)N/N=C\c3ccccc3[N+](=O)[O-])cc2)c1. The molecule has 3 aromatic rings. The summed E-state index contributed by atoms with van der Waals surface area (Å²) in [7, 11) is 0. The van der Waals surface area contributed by atoms with E-state index in [0.29, 0.717) is 23.7 Å². The van der Waals surface area contributed by atoms with E-state index in [9.17, 15) is 14.9 Å². The van der Waals surface area contributed by atoms with Crippen molar-refractivity contribution in [2.45, 2.75) is 33.3 Å². The number of aryl methyl sites for hydroxylation is 1. The Kier molecular flexibility index (Phi) is 7.33. The Bertz CT molecular complexity index is 1140. The fourth-order valence-electron chi connectivity index (χ4n) is 3.14. The summed E-state index contributed by atoms with van der Waals surface area (Å²) in [6.07, 6.45) is 1.26. The van der Waals surface area contributed by atoms with Gasteiger partial charge in [-0.1, -0.05) is 50.2 Å². The van der Waals surface area contributed by atoms with Crippen LogP contribution in [-0.2, 0) is 6.61 Å². The number of hydrogen-bond donors (Lipinski definition) is 1. The fourth-order valence-corrected chi connectivity index (χ4v) is 3.14. The average Bonchev–Trinajstić information content (AvgIpc) is 2.78. The fraction of sp³-hybridized carbons (Fsp3) is 0.200. The van der Waals surface area contributed by atoms with Crippen molar-refractivity contribution in [2.75, 3.05) is 0 Å². The van der Waals surface area contributed by atoms with Gasteiger partial charge in [-0.05, 0) is 53.8 Å². The zero-order valence-corrected chi connectivity index (χ0v) is 18.2. The Morgan fingerprint density at radius 1 is 1.12 bits per heavy atom. The molecule has 0 spiro atoms. The Morgan fingerprint density at radius 2 is 1.84 bits per heavy atom. The second kappa shape index (κ2) is 10.3. The Labute approximate surface area is 186 Å². The van der Waals surface area contributed by atoms with Gasteiger partial charge in [-0.3, -0.25) is 14.9 Å². The van der Waals surface area contributed by atoms with Crippen LogP contribution in [0.5, 0.6) is 5.75 Å². The molecule has 0 fully saturated rings. The molecule has 0 bridgehead atoms. The molecule has 3 aromatic carbocycles. The van der Waals surface area contributed by atoms with Gasteiger partial charge in [0.05, 0.1) is 16.7 Å². The molecule has 0 atom stereocenters. The molecule has 0 aliphatic rings. The maximum Gasteiger partial charge on any atom is 0.278 e. The normalized spacial score (nSPS) is 11.0. The molecular formula is C25H25N3O4. The second-order valence-corrected chi connectivity index (χ2v) is 7.70. The smallest absolute Gasteiger partial charge is 0.278 e. The number of hydrazone groups is 1. The van der Waals surface area contributed by atoms with Gasteiger partial charge >= 0.3 is 0 Å². The van der Waals surface area contributed by atoms with Gasteiger partial charge in [-0.25, -0.2) is 5.43 Å². The first kappa shape index (κ1) is 22.7. The number of hydrogen-bond acceptors (Lipinski definition) is 5. The Balaban J connectivity index is 1.61. The van der Waals surface area contributed by atoms with Gasteiger partial charge in [-0.15, -0.1) is 0 Å². The van der Waals surface area contributed by atoms with Crippen molar-refractivity contribution in [3.8, 4) is 5.75 Å². The zero-order chi connectivity index (χ0) is 23.1. The van der Waals surface area contributed by atoms with Crippen molar-refractivity contribution < 1.29 is 14.5 Å². The summed E-state index contributed by atoms with van der Waals surface area (Å²) >= 11 is 0. The van der Waals surface area contributed by atoms with Crippen molar-refractivity contribution in [1.82, 2.24) is 5.43 Å². The molecule has 32 heavy (non-hydrogen) atoms. The number of para-hydroxylation sites is 1. The number of nitro groups is 1. The van der Waals surface area contributed by atoms with Gasteiger partial charge in [0.25, 0.3) is 11.6 Å². The summed E-state index contributed by atoms with van der Waals surface area (Å²) in [6, 6.07) is 19.4. The quantitative estimate of drug-likeness (QED) is 0.295. The van der Waals surface area contributed by atoms with Crippen LogP contribution in [0.15, 0.2) is 71.8 Å². The maximum atomic E-state index is 12.3. The molecule has 0 aliphatic heterocycles. The lowest BCUT2D eigenvalue weighted by molar-refractivity contribution is -0.385. The molecule has 164 valence electrons. The van der Waals surface area contributed by atoms with Crippen molar-refractivity contribution in [3.63, 3.8) is 0 Å². The highest BCUT2D eigenvalue weighted by Gasteiger charge is 2.11. The summed E-state index contributed by atoms with van der Waals surface area (Å²) in [5.74, 6) is 0.814. The van der Waals surface area contributed by atoms with Crippen molar-refractivity contribution in [2.24, 2.45) is 5.10 Å². The number of ether oxygens (including phenoxy) is 1. The van der Waals surface area contributed by atoms with Gasteiger partial charge in [0, 0.05) is 11.6 Å². The number of amides is 1. The second-order valence-electron chi connectivity index (χ2n) is 7.70. The molecule has 3 rings (SSSR count). The Hall–Kier alpha value is -4.00. The van der Waals surface area contributed by atoms with E-state index in [2.05, 4.69) is 36.5 Å². The summed E-state index contributed by atoms with van der Waals surface area (Å²) in [5, 5.41) is 14.9. The van der Waals surface area contributed by atoms with Crippen LogP contribution < -0.4 is 10.2 Å². The number of nitrogens with one attached hydrogen (secondary N) is 1. The minimum absolute atomic E-state index is 0.0796. The highest BCUT2D eigenvalue weighted by atomic mass is 16.6. The Morgan fingerprint density at radius 3 is 2.53 bits per heavy atom. The van der Waals surface area contributed by atoms with Crippen LogP contribution in [0.2, 0.25) is 0 Å². The molecule has 0 saturated carbocycles. The van der Waals surface area contributed by atoms with Crippen LogP contribution in [0, 0.1) is 17.0 Å². The molecule has 7 heteroatoms. The molecule has 0 aromatic heterocycles. The van der Waals surface area contributed by atoms with Gasteiger partial charge < -0.3 is 4.74 Å². The number of nitrogens with zero attached hydrogens (tertiary/aromatic N) is 2. The van der Waals surface area contributed by atoms with E-state index in [0.717, 1.165) is 22.4 Å². The van der Waals surface area contributed by atoms with Gasteiger partial charge in [0.1, 0.15) is 12.4 Å². The minimum atomic E-state index is -0.495. The van der Waals surface area contributed by atoms with Crippen LogP contribution in [0.3, 0.4) is 0 Å². The van der Waals surface area contributed by atoms with E-state index in [1.54, 1.807) is 30.3 Å². The number of carbonyl (C=O) groups is 1. The van der Waals surface area contributed by atoms with Crippen LogP contribution >= 0.6 is 0 Å². The molecule has 0 saturated heterocycles. The lowest BCUT2D eigenvalue weighted by atomic mass is 10.0. The van der Waals surface area contributed by atoms with Crippen LogP contribution in [0.1, 0.15) is 52.4 Å². The lowest BCUT2D eigenvalue weighted by Gasteiger charge is -2.15. The molecule has 0 aliphatic carbocycles. The highest BCUT2D eigenvalue weighted by Crippen LogP contribution is 2.28. The maximum absolute atomic E-state index is 12.3. The van der Waals surface area contributed by atoms with E-state index < -0.39 is 10.8 Å². The van der Waals surface area contributed by atoms with Crippen LogP contribution in [0.25, 0.3) is 0 Å². The highest BCUT2D eigenvalue weighted by molar-refractivity contribution is 5.95. The monoisotopic (exact) mass is 431 g/mol. The topological polar surface area (TPSA) is 93.8 Å². The van der Waals surface area contributed by atoms with Crippen molar-refractivity contribution in [1.29, 1.82) is 0 Å². The third-order valence-corrected chi connectivity index (χ3v) is 4.90. The van der Waals surface area contributed by atoms with Gasteiger partial charge in [0.2, 0.25) is 0 Å². The first-order valence-electron chi connectivity index (χ1n) is 10.2. The summed E-state index contributed by atoms with van der Waals surface area (Å²) < 4.78 is 6.03. The molecule has 0 radical (unpaired) electrons. The van der Waals surface area contributed by atoms with Gasteiger partial charge in [-0.2, -0.15) is 5.10 Å². The summed E-state index contributed by atoms with van der Waals surface area (Å²) in [6.45, 7) is 6.68. The van der Waals surface area contributed by atoms with Crippen molar-refractivity contribution in [3.05, 3.63) is 105 Å². The molecule has 7 nitrogen and oxygen atoms in total. The van der Waals surface area contributed by atoms with E-state index >= 15 is 0 Å². The summed E-state index contributed by atoms with van der Waals surface area (Å²) in [4.78, 5) is 22.8. The number of rotatable bonds is 8. The predicted molar refractivity (Wildman–Crippen MR) is 124 cm³/mol. The average molecular weight is 431 g/mol. The largest absolute Gasteiger partial charge is 0.489 e. The standard InChI is InChI=1S/C25H25N3O4/c1-17(2)22-13-8-18(3)14-24(22)32-16-19-9-11-20(12-10-19)25(29)27-26-15-21-6-4-5-7-23(21)28(30)31/h4-15,17H,16H2,1-3H3,(H,27,29)/b26-15-. The molecule has 0 unspecified atom stereocenters. The molecule has 0 heterocycles. The third-order valence-electron chi connectivity index (χ3n) is 4.90. The van der Waals surface area contributed by atoms with Crippen LogP contribution in [0.4, 0.5) is 5.69 Å².